The van der Waals surface area contributed by atoms with E-state index in [1.165, 1.54) is 6.07 Å². The smallest absolute Gasteiger partial charge is 0.143 e. The van der Waals surface area contributed by atoms with Crippen molar-refractivity contribution in [3.63, 3.8) is 0 Å². The van der Waals surface area contributed by atoms with Crippen LogP contribution < -0.4 is 0 Å². The monoisotopic (exact) mass is 310 g/mol. The van der Waals surface area contributed by atoms with E-state index in [2.05, 4.69) is 15.9 Å². The lowest BCUT2D eigenvalue weighted by molar-refractivity contribution is 0.0150. The third kappa shape index (κ3) is 2.61. The molecule has 2 aromatic carbocycles. The molecule has 0 heterocycles. The molecule has 2 unspecified atom stereocenters. The molecule has 0 aliphatic rings. The van der Waals surface area contributed by atoms with E-state index in [4.69, 9.17) is 0 Å². The minimum absolute atomic E-state index is 0.0701. The summed E-state index contributed by atoms with van der Waals surface area (Å²) in [5, 5.41) is 20.1. The number of halogens is 2. The van der Waals surface area contributed by atoms with Gasteiger partial charge in [-0.05, 0) is 27.6 Å². The van der Waals surface area contributed by atoms with Gasteiger partial charge in [-0.25, -0.2) is 4.39 Å². The first kappa shape index (κ1) is 13.2. The van der Waals surface area contributed by atoms with Gasteiger partial charge in [0.25, 0.3) is 0 Å². The van der Waals surface area contributed by atoms with Crippen LogP contribution in [0, 0.1) is 5.82 Å². The topological polar surface area (TPSA) is 40.5 Å². The van der Waals surface area contributed by atoms with Crippen LogP contribution in [0.2, 0.25) is 0 Å². The zero-order valence-electron chi connectivity index (χ0n) is 9.42. The standard InChI is InChI=1S/C14H12BrFO2/c15-11-8-4-7-10(12(11)16)14(18)13(17)9-5-2-1-3-6-9/h1-8,13-14,17-18H. The van der Waals surface area contributed by atoms with Crippen molar-refractivity contribution in [3.8, 4) is 0 Å². The predicted molar refractivity (Wildman–Crippen MR) is 70.5 cm³/mol. The van der Waals surface area contributed by atoms with Gasteiger partial charge in [0.1, 0.15) is 18.0 Å². The van der Waals surface area contributed by atoms with Crippen LogP contribution in [0.3, 0.4) is 0 Å². The molecule has 2 nitrogen and oxygen atoms in total. The Bertz CT molecular complexity index is 531. The Hall–Kier alpha value is -1.23. The quantitative estimate of drug-likeness (QED) is 0.912. The van der Waals surface area contributed by atoms with E-state index in [9.17, 15) is 14.6 Å². The number of aliphatic hydroxyl groups excluding tert-OH is 2. The maximum atomic E-state index is 13.8. The summed E-state index contributed by atoms with van der Waals surface area (Å²) in [6.45, 7) is 0. The van der Waals surface area contributed by atoms with Crippen LogP contribution in [-0.4, -0.2) is 10.2 Å². The molecule has 0 amide bonds. The van der Waals surface area contributed by atoms with Gasteiger partial charge in [-0.2, -0.15) is 0 Å². The molecule has 18 heavy (non-hydrogen) atoms. The molecule has 2 atom stereocenters. The Labute approximate surface area is 113 Å². The third-order valence-electron chi connectivity index (χ3n) is 2.74. The molecule has 2 aromatic rings. The summed E-state index contributed by atoms with van der Waals surface area (Å²) in [4.78, 5) is 0. The third-order valence-corrected chi connectivity index (χ3v) is 3.35. The van der Waals surface area contributed by atoms with E-state index in [0.29, 0.717) is 5.56 Å². The number of aliphatic hydroxyl groups is 2. The Balaban J connectivity index is 2.31. The van der Waals surface area contributed by atoms with E-state index in [0.717, 1.165) is 0 Å². The molecular weight excluding hydrogens is 299 g/mol. The molecule has 4 heteroatoms. The molecule has 0 bridgehead atoms. The maximum absolute atomic E-state index is 13.8. The molecule has 0 fully saturated rings. The van der Waals surface area contributed by atoms with E-state index >= 15 is 0 Å². The van der Waals surface area contributed by atoms with Gasteiger partial charge in [0.15, 0.2) is 0 Å². The van der Waals surface area contributed by atoms with Gasteiger partial charge in [-0.1, -0.05) is 42.5 Å². The Morgan fingerprint density at radius 3 is 2.22 bits per heavy atom. The summed E-state index contributed by atoms with van der Waals surface area (Å²) in [6, 6.07) is 13.3. The zero-order valence-corrected chi connectivity index (χ0v) is 11.0. The summed E-state index contributed by atoms with van der Waals surface area (Å²) in [7, 11) is 0. The molecule has 2 N–H and O–H groups in total. The fourth-order valence-corrected chi connectivity index (χ4v) is 2.13. The lowest BCUT2D eigenvalue weighted by Gasteiger charge is -2.19. The number of benzene rings is 2. The molecule has 94 valence electrons. The minimum atomic E-state index is -1.30. The summed E-state index contributed by atoms with van der Waals surface area (Å²) in [6.07, 6.45) is -2.46. The van der Waals surface area contributed by atoms with Gasteiger partial charge < -0.3 is 10.2 Å². The molecule has 0 aliphatic carbocycles. The van der Waals surface area contributed by atoms with Crippen molar-refractivity contribution in [2.45, 2.75) is 12.2 Å². The Morgan fingerprint density at radius 1 is 0.889 bits per heavy atom. The van der Waals surface area contributed by atoms with Crippen molar-refractivity contribution in [2.75, 3.05) is 0 Å². The van der Waals surface area contributed by atoms with Crippen LogP contribution in [-0.2, 0) is 0 Å². The summed E-state index contributed by atoms with van der Waals surface area (Å²) in [5.41, 5.74) is 0.616. The predicted octanol–water partition coefficient (Wildman–Crippen LogP) is 3.36. The van der Waals surface area contributed by atoms with Crippen LogP contribution in [0.15, 0.2) is 53.0 Å². The molecule has 0 radical (unpaired) electrons. The zero-order chi connectivity index (χ0) is 13.1. The van der Waals surface area contributed by atoms with Gasteiger partial charge in [0.05, 0.1) is 4.47 Å². The van der Waals surface area contributed by atoms with E-state index in [1.54, 1.807) is 36.4 Å². The summed E-state index contributed by atoms with van der Waals surface area (Å²) in [5.74, 6) is -0.556. The fraction of sp³-hybridized carbons (Fsp3) is 0.143. The van der Waals surface area contributed by atoms with Gasteiger partial charge in [0, 0.05) is 5.56 Å². The SMILES string of the molecule is OC(c1ccccc1)C(O)c1cccc(Br)c1F. The van der Waals surface area contributed by atoms with Crippen LogP contribution in [0.5, 0.6) is 0 Å². The second-order valence-corrected chi connectivity index (χ2v) is 4.80. The second-order valence-electron chi connectivity index (χ2n) is 3.94. The minimum Gasteiger partial charge on any atom is -0.385 e. The van der Waals surface area contributed by atoms with Gasteiger partial charge in [0.2, 0.25) is 0 Å². The molecule has 2 rings (SSSR count). The van der Waals surface area contributed by atoms with Gasteiger partial charge in [-0.15, -0.1) is 0 Å². The first-order valence-electron chi connectivity index (χ1n) is 5.46. The second kappa shape index (κ2) is 5.61. The summed E-state index contributed by atoms with van der Waals surface area (Å²) >= 11 is 3.05. The maximum Gasteiger partial charge on any atom is 0.143 e. The van der Waals surface area contributed by atoms with Crippen LogP contribution >= 0.6 is 15.9 Å². The molecule has 0 saturated heterocycles. The van der Waals surface area contributed by atoms with Crippen molar-refractivity contribution in [1.29, 1.82) is 0 Å². The van der Waals surface area contributed by atoms with Crippen molar-refractivity contribution in [2.24, 2.45) is 0 Å². The highest BCUT2D eigenvalue weighted by molar-refractivity contribution is 9.10. The summed E-state index contributed by atoms with van der Waals surface area (Å²) < 4.78 is 14.1. The van der Waals surface area contributed by atoms with Crippen molar-refractivity contribution >= 4 is 15.9 Å². The normalized spacial score (nSPS) is 14.2. The lowest BCUT2D eigenvalue weighted by atomic mass is 9.98. The fourth-order valence-electron chi connectivity index (χ4n) is 1.75. The highest BCUT2D eigenvalue weighted by Gasteiger charge is 2.23. The Morgan fingerprint density at radius 2 is 1.56 bits per heavy atom. The van der Waals surface area contributed by atoms with E-state index < -0.39 is 18.0 Å². The van der Waals surface area contributed by atoms with Gasteiger partial charge >= 0.3 is 0 Å². The highest BCUT2D eigenvalue weighted by atomic mass is 79.9. The molecule has 0 aromatic heterocycles. The largest absolute Gasteiger partial charge is 0.385 e. The van der Waals surface area contributed by atoms with Gasteiger partial charge in [-0.3, -0.25) is 0 Å². The number of hydrogen-bond donors (Lipinski definition) is 2. The van der Waals surface area contributed by atoms with Crippen molar-refractivity contribution in [1.82, 2.24) is 0 Å². The van der Waals surface area contributed by atoms with Crippen LogP contribution in [0.1, 0.15) is 23.3 Å². The lowest BCUT2D eigenvalue weighted by Crippen LogP contribution is -2.12. The average Bonchev–Trinajstić information content (AvgIpc) is 2.41. The Kier molecular flexibility index (Phi) is 4.11. The van der Waals surface area contributed by atoms with E-state index in [1.807, 2.05) is 6.07 Å². The number of rotatable bonds is 3. The molecule has 0 saturated carbocycles. The number of hydrogen-bond acceptors (Lipinski definition) is 2. The highest BCUT2D eigenvalue weighted by Crippen LogP contribution is 2.32. The first-order valence-corrected chi connectivity index (χ1v) is 6.25. The van der Waals surface area contributed by atoms with Crippen LogP contribution in [0.4, 0.5) is 4.39 Å². The first-order chi connectivity index (χ1) is 8.61. The molecular formula is C14H12BrFO2. The average molecular weight is 311 g/mol. The van der Waals surface area contributed by atoms with Crippen LogP contribution in [0.25, 0.3) is 0 Å². The van der Waals surface area contributed by atoms with E-state index in [-0.39, 0.29) is 10.0 Å². The van der Waals surface area contributed by atoms with Crippen molar-refractivity contribution < 1.29 is 14.6 Å². The van der Waals surface area contributed by atoms with Crippen molar-refractivity contribution in [3.05, 3.63) is 69.9 Å². The molecule has 0 aliphatic heterocycles. The molecule has 0 spiro atoms.